The number of hydrogen-bond acceptors (Lipinski definition) is 5. The van der Waals surface area contributed by atoms with Crippen molar-refractivity contribution >= 4 is 56.3 Å². The summed E-state index contributed by atoms with van der Waals surface area (Å²) in [7, 11) is 1.35. The molecule has 0 amide bonds. The zero-order valence-corrected chi connectivity index (χ0v) is 15.3. The van der Waals surface area contributed by atoms with E-state index >= 15 is 0 Å². The van der Waals surface area contributed by atoms with Crippen LogP contribution in [0.1, 0.15) is 12.1 Å². The lowest BCUT2D eigenvalue weighted by molar-refractivity contribution is 0.144. The molecule has 0 atom stereocenters. The van der Waals surface area contributed by atoms with Crippen LogP contribution in [0.25, 0.3) is 10.9 Å². The standard InChI is InChI=1S/C14H10BrClF2N4OS/c1-23-13-10(15)11(12(17)18)20-14(21-13)22-24-9-5-19-8-4-6(16)2-3-7(8)9/h2-5,12,19H,1H3,(H,20,21,22). The Labute approximate surface area is 153 Å². The molecule has 24 heavy (non-hydrogen) atoms. The van der Waals surface area contributed by atoms with Gasteiger partial charge in [0.05, 0.1) is 12.0 Å². The van der Waals surface area contributed by atoms with E-state index in [1.54, 1.807) is 18.3 Å². The lowest BCUT2D eigenvalue weighted by atomic mass is 10.2. The number of ether oxygens (including phenoxy) is 1. The van der Waals surface area contributed by atoms with Gasteiger partial charge >= 0.3 is 0 Å². The molecule has 2 N–H and O–H groups in total. The van der Waals surface area contributed by atoms with Crippen molar-refractivity contribution in [2.24, 2.45) is 0 Å². The van der Waals surface area contributed by atoms with Crippen LogP contribution < -0.4 is 9.46 Å². The zero-order chi connectivity index (χ0) is 17.3. The Morgan fingerprint density at radius 2 is 2.17 bits per heavy atom. The Kier molecular flexibility index (Phi) is 5.12. The molecule has 5 nitrogen and oxygen atoms in total. The van der Waals surface area contributed by atoms with Crippen LogP contribution in [-0.4, -0.2) is 22.1 Å². The van der Waals surface area contributed by atoms with Crippen LogP contribution in [0.2, 0.25) is 5.02 Å². The van der Waals surface area contributed by atoms with Gasteiger partial charge in [-0.25, -0.2) is 13.8 Å². The topological polar surface area (TPSA) is 62.8 Å². The number of hydrogen-bond donors (Lipinski definition) is 2. The molecule has 0 aliphatic rings. The second-order valence-electron chi connectivity index (χ2n) is 4.60. The van der Waals surface area contributed by atoms with E-state index in [1.807, 2.05) is 6.07 Å². The van der Waals surface area contributed by atoms with Crippen LogP contribution in [0.15, 0.2) is 33.8 Å². The van der Waals surface area contributed by atoms with Crippen molar-refractivity contribution in [1.82, 2.24) is 15.0 Å². The van der Waals surface area contributed by atoms with Gasteiger partial charge in [0.1, 0.15) is 10.2 Å². The van der Waals surface area contributed by atoms with Crippen LogP contribution in [-0.2, 0) is 0 Å². The van der Waals surface area contributed by atoms with Gasteiger partial charge in [-0.05, 0) is 40.0 Å². The molecule has 0 fully saturated rings. The molecule has 10 heteroatoms. The molecule has 3 rings (SSSR count). The molecular weight excluding hydrogens is 426 g/mol. The maximum absolute atomic E-state index is 13.1. The Balaban J connectivity index is 1.87. The molecule has 0 aliphatic carbocycles. The molecule has 0 aliphatic heterocycles. The van der Waals surface area contributed by atoms with Gasteiger partial charge in [0.2, 0.25) is 11.8 Å². The summed E-state index contributed by atoms with van der Waals surface area (Å²) >= 11 is 10.2. The summed E-state index contributed by atoms with van der Waals surface area (Å²) in [4.78, 5) is 11.8. The van der Waals surface area contributed by atoms with Crippen molar-refractivity contribution in [2.75, 3.05) is 11.8 Å². The van der Waals surface area contributed by atoms with Crippen molar-refractivity contribution in [2.45, 2.75) is 11.3 Å². The summed E-state index contributed by atoms with van der Waals surface area (Å²) in [6.45, 7) is 0. The molecular formula is C14H10BrClF2N4OS. The highest BCUT2D eigenvalue weighted by atomic mass is 79.9. The number of benzene rings is 1. The fraction of sp³-hybridized carbons (Fsp3) is 0.143. The lowest BCUT2D eigenvalue weighted by Crippen LogP contribution is -2.03. The SMILES string of the molecule is COc1nc(NSc2c[nH]c3cc(Cl)ccc23)nc(C(F)F)c1Br. The van der Waals surface area contributed by atoms with E-state index in [-0.39, 0.29) is 16.3 Å². The van der Waals surface area contributed by atoms with Crippen molar-refractivity contribution in [3.8, 4) is 5.88 Å². The third-order valence-corrected chi connectivity index (χ3v) is 4.93. The van der Waals surface area contributed by atoms with E-state index in [9.17, 15) is 8.78 Å². The smallest absolute Gasteiger partial charge is 0.281 e. The lowest BCUT2D eigenvalue weighted by Gasteiger charge is -2.10. The van der Waals surface area contributed by atoms with Crippen molar-refractivity contribution < 1.29 is 13.5 Å². The molecule has 0 unspecified atom stereocenters. The monoisotopic (exact) mass is 434 g/mol. The van der Waals surface area contributed by atoms with Crippen LogP contribution in [0.4, 0.5) is 14.7 Å². The van der Waals surface area contributed by atoms with Crippen molar-refractivity contribution in [1.29, 1.82) is 0 Å². The summed E-state index contributed by atoms with van der Waals surface area (Å²) in [5.74, 6) is 0.0628. The van der Waals surface area contributed by atoms with Gasteiger partial charge in [-0.3, -0.25) is 4.72 Å². The number of anilines is 1. The van der Waals surface area contributed by atoms with E-state index in [1.165, 1.54) is 19.1 Å². The van der Waals surface area contributed by atoms with Gasteiger partial charge in [-0.15, -0.1) is 0 Å². The number of methoxy groups -OCH3 is 1. The molecule has 0 bridgehead atoms. The molecule has 0 saturated heterocycles. The highest BCUT2D eigenvalue weighted by molar-refractivity contribution is 9.10. The predicted octanol–water partition coefficient (Wildman–Crippen LogP) is 5.44. The highest BCUT2D eigenvalue weighted by Crippen LogP contribution is 2.35. The molecule has 1 aromatic carbocycles. The van der Waals surface area contributed by atoms with Crippen molar-refractivity contribution in [3.63, 3.8) is 0 Å². The average molecular weight is 436 g/mol. The van der Waals surface area contributed by atoms with Gasteiger partial charge in [0.15, 0.2) is 0 Å². The Hall–Kier alpha value is -1.58. The first kappa shape index (κ1) is 17.2. The van der Waals surface area contributed by atoms with E-state index < -0.39 is 12.1 Å². The van der Waals surface area contributed by atoms with Crippen LogP contribution >= 0.6 is 39.5 Å². The fourth-order valence-corrected chi connectivity index (χ4v) is 3.41. The van der Waals surface area contributed by atoms with Crippen LogP contribution in [0, 0.1) is 0 Å². The normalized spacial score (nSPS) is 11.2. The first-order chi connectivity index (χ1) is 11.5. The van der Waals surface area contributed by atoms with Crippen LogP contribution in [0.3, 0.4) is 0 Å². The van der Waals surface area contributed by atoms with Gasteiger partial charge in [-0.1, -0.05) is 17.7 Å². The zero-order valence-electron chi connectivity index (χ0n) is 12.1. The quantitative estimate of drug-likeness (QED) is 0.523. The predicted molar refractivity (Wildman–Crippen MR) is 94.0 cm³/mol. The Bertz CT molecular complexity index is 893. The van der Waals surface area contributed by atoms with E-state index in [0.717, 1.165) is 15.8 Å². The number of nitrogens with zero attached hydrogens (tertiary/aromatic N) is 2. The van der Waals surface area contributed by atoms with Gasteiger partial charge in [0, 0.05) is 22.1 Å². The summed E-state index contributed by atoms with van der Waals surface area (Å²) in [5, 5.41) is 1.56. The number of aromatic nitrogens is 3. The van der Waals surface area contributed by atoms with Crippen LogP contribution in [0.5, 0.6) is 5.88 Å². The first-order valence-corrected chi connectivity index (χ1v) is 8.57. The van der Waals surface area contributed by atoms with Gasteiger partial charge in [0.25, 0.3) is 6.43 Å². The minimum atomic E-state index is -2.75. The van der Waals surface area contributed by atoms with E-state index in [4.69, 9.17) is 16.3 Å². The third-order valence-electron chi connectivity index (χ3n) is 3.10. The van der Waals surface area contributed by atoms with E-state index in [2.05, 4.69) is 35.6 Å². The largest absolute Gasteiger partial charge is 0.480 e. The number of alkyl halides is 2. The molecule has 0 spiro atoms. The molecule has 126 valence electrons. The first-order valence-electron chi connectivity index (χ1n) is 6.58. The second-order valence-corrected chi connectivity index (χ2v) is 6.68. The highest BCUT2D eigenvalue weighted by Gasteiger charge is 2.20. The van der Waals surface area contributed by atoms with Crippen molar-refractivity contribution in [3.05, 3.63) is 39.6 Å². The number of halogens is 4. The van der Waals surface area contributed by atoms with Gasteiger partial charge < -0.3 is 9.72 Å². The number of aromatic amines is 1. The summed E-state index contributed by atoms with van der Waals surface area (Å²) in [6, 6.07) is 5.44. The molecule has 2 aromatic heterocycles. The maximum Gasteiger partial charge on any atom is 0.281 e. The number of nitrogens with one attached hydrogen (secondary N) is 2. The number of rotatable bonds is 5. The molecule has 2 heterocycles. The average Bonchev–Trinajstić information content (AvgIpc) is 2.95. The maximum atomic E-state index is 13.1. The Morgan fingerprint density at radius 1 is 1.38 bits per heavy atom. The number of H-pyrrole nitrogens is 1. The summed E-state index contributed by atoms with van der Waals surface area (Å²) in [6.07, 6.45) is -0.972. The molecule has 0 saturated carbocycles. The fourth-order valence-electron chi connectivity index (χ4n) is 2.03. The second kappa shape index (κ2) is 7.12. The summed E-state index contributed by atoms with van der Waals surface area (Å²) in [5.41, 5.74) is 0.435. The number of fused-ring (bicyclic) bond motifs is 1. The minimum Gasteiger partial charge on any atom is -0.480 e. The summed E-state index contributed by atoms with van der Waals surface area (Å²) < 4.78 is 34.0. The van der Waals surface area contributed by atoms with E-state index in [0.29, 0.717) is 5.02 Å². The molecule has 3 aromatic rings. The molecule has 0 radical (unpaired) electrons. The minimum absolute atomic E-state index is 0.0265. The Morgan fingerprint density at radius 3 is 2.88 bits per heavy atom. The third kappa shape index (κ3) is 3.42. The van der Waals surface area contributed by atoms with Gasteiger partial charge in [-0.2, -0.15) is 4.98 Å².